The molecule has 0 amide bonds. The van der Waals surface area contributed by atoms with E-state index in [-0.39, 0.29) is 0 Å². The van der Waals surface area contributed by atoms with Crippen LogP contribution in [0.1, 0.15) is 117 Å². The third kappa shape index (κ3) is 7.73. The van der Waals surface area contributed by atoms with E-state index in [4.69, 9.17) is 9.47 Å². The van der Waals surface area contributed by atoms with Crippen LogP contribution in [0.25, 0.3) is 0 Å². The zero-order valence-corrected chi connectivity index (χ0v) is 27.0. The molecule has 6 rings (SSSR count). The summed E-state index contributed by atoms with van der Waals surface area (Å²) in [5.74, 6) is 7.75. The first kappa shape index (κ1) is 30.4. The maximum absolute atomic E-state index is 14.6. The summed E-state index contributed by atoms with van der Waals surface area (Å²) < 4.78 is 38.9. The lowest BCUT2D eigenvalue weighted by Crippen LogP contribution is -2.27. The van der Waals surface area contributed by atoms with Gasteiger partial charge in [0.1, 0.15) is 11.5 Å². The number of hydrogen-bond donors (Lipinski definition) is 0. The Bertz CT molecular complexity index is 909. The van der Waals surface area contributed by atoms with Crippen LogP contribution >= 0.6 is 23.5 Å². The first-order valence-electron chi connectivity index (χ1n) is 17.0. The SMILES string of the molecule is CC1CCC(C2CCC(COc3ccc(OCC4CCC(C5CCC(C)CC5)CC4)c4c3SC(F)(F)S4)CC2)CC1. The minimum Gasteiger partial charge on any atom is -0.492 e. The van der Waals surface area contributed by atoms with Crippen molar-refractivity contribution in [3.05, 3.63) is 12.1 Å². The molecule has 1 aromatic rings. The number of ether oxygens (including phenoxy) is 2. The van der Waals surface area contributed by atoms with Gasteiger partial charge in [-0.1, -0.05) is 39.5 Å². The van der Waals surface area contributed by atoms with E-state index < -0.39 is 4.59 Å². The van der Waals surface area contributed by atoms with Crippen molar-refractivity contribution in [3.63, 3.8) is 0 Å². The van der Waals surface area contributed by atoms with Crippen LogP contribution < -0.4 is 9.47 Å². The molecule has 4 saturated carbocycles. The molecule has 230 valence electrons. The first-order chi connectivity index (χ1) is 19.8. The topological polar surface area (TPSA) is 18.5 Å². The third-order valence-corrected chi connectivity index (χ3v) is 14.0. The van der Waals surface area contributed by atoms with E-state index in [1.54, 1.807) is 0 Å². The highest BCUT2D eigenvalue weighted by Gasteiger charge is 2.44. The van der Waals surface area contributed by atoms with Crippen LogP contribution in [-0.2, 0) is 0 Å². The summed E-state index contributed by atoms with van der Waals surface area (Å²) >= 11 is 1.28. The van der Waals surface area contributed by atoms with Crippen LogP contribution in [0.3, 0.4) is 0 Å². The van der Waals surface area contributed by atoms with Crippen molar-refractivity contribution in [1.29, 1.82) is 0 Å². The predicted octanol–water partition coefficient (Wildman–Crippen LogP) is 11.5. The van der Waals surface area contributed by atoms with Crippen LogP contribution in [0.15, 0.2) is 21.9 Å². The molecule has 1 aromatic carbocycles. The molecule has 0 atom stereocenters. The molecular weight excluding hydrogens is 555 g/mol. The minimum absolute atomic E-state index is 0.534. The average molecular weight is 607 g/mol. The van der Waals surface area contributed by atoms with E-state index in [0.717, 1.165) is 35.5 Å². The number of halogens is 2. The number of benzene rings is 1. The highest BCUT2D eigenvalue weighted by atomic mass is 32.2. The molecule has 0 bridgehead atoms. The molecule has 0 N–H and O–H groups in total. The number of alkyl halides is 2. The molecular formula is C35H52F2O2S2. The van der Waals surface area contributed by atoms with Crippen molar-refractivity contribution in [1.82, 2.24) is 0 Å². The smallest absolute Gasteiger partial charge is 0.350 e. The number of hydrogen-bond acceptors (Lipinski definition) is 4. The molecule has 41 heavy (non-hydrogen) atoms. The first-order valence-corrected chi connectivity index (χ1v) is 18.6. The van der Waals surface area contributed by atoms with E-state index in [9.17, 15) is 8.78 Å². The standard InChI is InChI=1S/C35H52F2O2S2/c1-23-3-11-27(12-4-23)29-15-7-25(8-16-29)21-38-31-19-20-32(34-33(31)40-35(36,37)41-34)39-22-26-9-17-30(18-10-26)28-13-5-24(2)6-14-28/h19-20,23-30H,3-18,21-22H2,1-2H3. The molecule has 0 unspecified atom stereocenters. The normalized spacial score (nSPS) is 37.4. The molecule has 1 aliphatic heterocycles. The molecule has 0 aromatic heterocycles. The minimum atomic E-state index is -2.87. The summed E-state index contributed by atoms with van der Waals surface area (Å²) in [4.78, 5) is 1.16. The van der Waals surface area contributed by atoms with Gasteiger partial charge in [0, 0.05) is 0 Å². The number of rotatable bonds is 8. The second-order valence-corrected chi connectivity index (χ2v) is 17.1. The van der Waals surface area contributed by atoms with Crippen molar-refractivity contribution < 1.29 is 18.3 Å². The molecule has 0 saturated heterocycles. The second kappa shape index (κ2) is 13.6. The van der Waals surface area contributed by atoms with Crippen molar-refractivity contribution >= 4 is 23.5 Å². The van der Waals surface area contributed by atoms with E-state index in [1.807, 2.05) is 12.1 Å². The van der Waals surface area contributed by atoms with Gasteiger partial charge in [0.05, 0.1) is 23.0 Å². The lowest BCUT2D eigenvalue weighted by Gasteiger charge is -2.37. The van der Waals surface area contributed by atoms with Crippen molar-refractivity contribution in [2.75, 3.05) is 13.2 Å². The van der Waals surface area contributed by atoms with E-state index in [0.29, 0.717) is 69.9 Å². The summed E-state index contributed by atoms with van der Waals surface area (Å²) in [7, 11) is 0. The Kier molecular flexibility index (Phi) is 10.1. The Labute approximate surface area is 256 Å². The fourth-order valence-corrected chi connectivity index (χ4v) is 11.0. The van der Waals surface area contributed by atoms with Gasteiger partial charge in [0.2, 0.25) is 0 Å². The van der Waals surface area contributed by atoms with E-state index in [2.05, 4.69) is 13.8 Å². The Hall–Kier alpha value is -0.620. The Balaban J connectivity index is 0.987. The Morgan fingerprint density at radius 3 is 1.22 bits per heavy atom. The molecule has 6 heteroatoms. The molecule has 4 fully saturated rings. The van der Waals surface area contributed by atoms with E-state index in [1.165, 1.54) is 103 Å². The van der Waals surface area contributed by atoms with Crippen LogP contribution in [0, 0.1) is 47.3 Å². The molecule has 2 nitrogen and oxygen atoms in total. The highest BCUT2D eigenvalue weighted by molar-refractivity contribution is 8.20. The zero-order valence-electron chi connectivity index (χ0n) is 25.4. The van der Waals surface area contributed by atoms with Crippen LogP contribution in [-0.4, -0.2) is 17.8 Å². The third-order valence-electron chi connectivity index (χ3n) is 11.7. The monoisotopic (exact) mass is 606 g/mol. The summed E-state index contributed by atoms with van der Waals surface area (Å²) in [5.41, 5.74) is 0. The Morgan fingerprint density at radius 1 is 0.561 bits per heavy atom. The fraction of sp³-hybridized carbons (Fsp3) is 0.829. The fourth-order valence-electron chi connectivity index (χ4n) is 8.79. The predicted molar refractivity (Wildman–Crippen MR) is 167 cm³/mol. The summed E-state index contributed by atoms with van der Waals surface area (Å²) in [6, 6.07) is 3.78. The van der Waals surface area contributed by atoms with Gasteiger partial charge in [-0.2, -0.15) is 8.78 Å². The molecule has 0 radical (unpaired) electrons. The number of fused-ring (bicyclic) bond motifs is 1. The maximum Gasteiger partial charge on any atom is 0.350 e. The lowest BCUT2D eigenvalue weighted by atomic mass is 9.69. The summed E-state index contributed by atoms with van der Waals surface area (Å²) in [6.45, 7) is 6.08. The van der Waals surface area contributed by atoms with Crippen LogP contribution in [0.4, 0.5) is 8.78 Å². The zero-order chi connectivity index (χ0) is 28.4. The van der Waals surface area contributed by atoms with Crippen molar-refractivity contribution in [2.24, 2.45) is 47.3 Å². The molecule has 1 heterocycles. The lowest BCUT2D eigenvalue weighted by molar-refractivity contribution is 0.123. The van der Waals surface area contributed by atoms with Crippen molar-refractivity contribution in [3.8, 4) is 11.5 Å². The average Bonchev–Trinajstić information content (AvgIpc) is 3.32. The van der Waals surface area contributed by atoms with Crippen LogP contribution in [0.2, 0.25) is 0 Å². The van der Waals surface area contributed by atoms with Crippen LogP contribution in [0.5, 0.6) is 11.5 Å². The number of thioether (sulfide) groups is 2. The van der Waals surface area contributed by atoms with Gasteiger partial charge < -0.3 is 9.47 Å². The summed E-state index contributed by atoms with van der Waals surface area (Å²) in [5, 5.41) is 0. The van der Waals surface area contributed by atoms with Gasteiger partial charge in [0.15, 0.2) is 0 Å². The van der Waals surface area contributed by atoms with Gasteiger partial charge in [-0.15, -0.1) is 0 Å². The van der Waals surface area contributed by atoms with Gasteiger partial charge in [-0.05, 0) is 160 Å². The largest absolute Gasteiger partial charge is 0.492 e. The maximum atomic E-state index is 14.6. The van der Waals surface area contributed by atoms with Gasteiger partial charge in [-0.25, -0.2) is 0 Å². The van der Waals surface area contributed by atoms with Gasteiger partial charge >= 0.3 is 4.59 Å². The van der Waals surface area contributed by atoms with Crippen molar-refractivity contribution in [2.45, 2.75) is 131 Å². The van der Waals surface area contributed by atoms with E-state index >= 15 is 0 Å². The molecule has 5 aliphatic rings. The molecule has 4 aliphatic carbocycles. The molecule has 0 spiro atoms. The Morgan fingerprint density at radius 2 is 0.878 bits per heavy atom. The quantitative estimate of drug-likeness (QED) is 0.293. The van der Waals surface area contributed by atoms with Gasteiger partial charge in [0.25, 0.3) is 0 Å². The van der Waals surface area contributed by atoms with Gasteiger partial charge in [-0.3, -0.25) is 0 Å². The second-order valence-electron chi connectivity index (χ2n) is 14.6. The summed E-state index contributed by atoms with van der Waals surface area (Å²) in [6.07, 6.45) is 21.3. The highest BCUT2D eigenvalue weighted by Crippen LogP contribution is 2.63.